The highest BCUT2D eigenvalue weighted by atomic mass is 32.1. The summed E-state index contributed by atoms with van der Waals surface area (Å²) in [6.07, 6.45) is 1.42. The first kappa shape index (κ1) is 21.8. The molecule has 4 N–H and O–H groups in total. The second kappa shape index (κ2) is 9.84. The number of thiophene rings is 1. The van der Waals surface area contributed by atoms with Crippen LogP contribution in [0.1, 0.15) is 25.8 Å². The summed E-state index contributed by atoms with van der Waals surface area (Å²) < 4.78 is 5.08. The first-order valence-corrected chi connectivity index (χ1v) is 10.8. The summed E-state index contributed by atoms with van der Waals surface area (Å²) in [6, 6.07) is 20.4. The molecule has 2 heterocycles. The van der Waals surface area contributed by atoms with Crippen LogP contribution in [0.5, 0.6) is 0 Å². The molecule has 8 nitrogen and oxygen atoms in total. The third kappa shape index (κ3) is 5.66. The average molecular weight is 461 g/mol. The topological polar surface area (TPSA) is 112 Å². The zero-order valence-corrected chi connectivity index (χ0v) is 18.4. The molecule has 33 heavy (non-hydrogen) atoms. The highest BCUT2D eigenvalue weighted by Gasteiger charge is 2.17. The van der Waals surface area contributed by atoms with E-state index in [1.165, 1.54) is 17.6 Å². The zero-order valence-electron chi connectivity index (χ0n) is 17.5. The number of nitrogens with one attached hydrogen (secondary N) is 4. The Morgan fingerprint density at radius 2 is 1.36 bits per heavy atom. The molecule has 9 heteroatoms. The van der Waals surface area contributed by atoms with Crippen molar-refractivity contribution < 1.29 is 18.8 Å². The van der Waals surface area contributed by atoms with E-state index in [0.29, 0.717) is 26.9 Å². The van der Waals surface area contributed by atoms with Gasteiger partial charge in [0.05, 0.1) is 16.1 Å². The van der Waals surface area contributed by atoms with Gasteiger partial charge in [-0.1, -0.05) is 18.2 Å². The lowest BCUT2D eigenvalue weighted by molar-refractivity contribution is 0.0995. The second-order valence-corrected chi connectivity index (χ2v) is 8.08. The van der Waals surface area contributed by atoms with Gasteiger partial charge in [0, 0.05) is 17.1 Å². The lowest BCUT2D eigenvalue weighted by Crippen LogP contribution is -2.19. The smallest absolute Gasteiger partial charge is 0.323 e. The number of rotatable bonds is 6. The molecule has 0 saturated carbocycles. The van der Waals surface area contributed by atoms with Crippen LogP contribution in [0.2, 0.25) is 0 Å². The Balaban J connectivity index is 1.34. The van der Waals surface area contributed by atoms with Gasteiger partial charge in [0.25, 0.3) is 11.8 Å². The number of urea groups is 1. The minimum absolute atomic E-state index is 0.193. The highest BCUT2D eigenvalue weighted by Crippen LogP contribution is 2.28. The van der Waals surface area contributed by atoms with Crippen LogP contribution in [0.25, 0.3) is 0 Å². The number of para-hydroxylation sites is 1. The van der Waals surface area contributed by atoms with E-state index < -0.39 is 0 Å². The number of anilines is 4. The van der Waals surface area contributed by atoms with E-state index in [0.717, 1.165) is 5.56 Å². The van der Waals surface area contributed by atoms with Gasteiger partial charge < -0.3 is 25.7 Å². The number of furan rings is 1. The summed E-state index contributed by atoms with van der Waals surface area (Å²) in [5.74, 6) is -0.482. The van der Waals surface area contributed by atoms with E-state index in [9.17, 15) is 14.4 Å². The third-order valence-electron chi connectivity index (χ3n) is 4.54. The van der Waals surface area contributed by atoms with Gasteiger partial charge >= 0.3 is 6.03 Å². The fraction of sp³-hybridized carbons (Fsp3) is 0.0417. The fourth-order valence-electron chi connectivity index (χ4n) is 2.99. The first-order chi connectivity index (χ1) is 16.0. The SMILES string of the molecule is Cc1cc(NC(=O)c2ccco2)sc1C(=O)Nc1ccc(NC(=O)Nc2ccccc2)cc1. The molecule has 0 unspecified atom stereocenters. The van der Waals surface area contributed by atoms with Crippen molar-refractivity contribution in [1.29, 1.82) is 0 Å². The highest BCUT2D eigenvalue weighted by molar-refractivity contribution is 7.18. The van der Waals surface area contributed by atoms with Gasteiger partial charge in [-0.05, 0) is 67.1 Å². The van der Waals surface area contributed by atoms with Gasteiger partial charge in [-0.15, -0.1) is 11.3 Å². The Bertz CT molecular complexity index is 1270. The molecule has 0 bridgehead atoms. The molecule has 0 fully saturated rings. The van der Waals surface area contributed by atoms with Gasteiger partial charge in [-0.25, -0.2) is 4.79 Å². The molecule has 0 atom stereocenters. The summed E-state index contributed by atoms with van der Waals surface area (Å²) in [6.45, 7) is 1.80. The number of carbonyl (C=O) groups excluding carboxylic acids is 3. The Hall–Kier alpha value is -4.37. The molecule has 2 aromatic heterocycles. The second-order valence-electron chi connectivity index (χ2n) is 7.03. The van der Waals surface area contributed by atoms with Gasteiger partial charge in [-0.2, -0.15) is 0 Å². The Morgan fingerprint density at radius 3 is 2.00 bits per heavy atom. The number of hydrogen-bond donors (Lipinski definition) is 4. The number of carbonyl (C=O) groups is 3. The van der Waals surface area contributed by atoms with Crippen molar-refractivity contribution in [1.82, 2.24) is 0 Å². The third-order valence-corrected chi connectivity index (χ3v) is 5.69. The van der Waals surface area contributed by atoms with Crippen LogP contribution in [0.15, 0.2) is 83.5 Å². The van der Waals surface area contributed by atoms with Crippen molar-refractivity contribution in [3.63, 3.8) is 0 Å². The summed E-state index contributed by atoms with van der Waals surface area (Å²) in [5, 5.41) is 11.6. The number of hydrogen-bond acceptors (Lipinski definition) is 5. The maximum absolute atomic E-state index is 12.7. The van der Waals surface area contributed by atoms with Crippen LogP contribution in [0.3, 0.4) is 0 Å². The van der Waals surface area contributed by atoms with E-state index in [1.807, 2.05) is 18.2 Å². The molecular formula is C24H20N4O4S. The lowest BCUT2D eigenvalue weighted by atomic mass is 10.2. The predicted octanol–water partition coefficient (Wildman–Crippen LogP) is 5.80. The molecule has 0 aliphatic rings. The van der Waals surface area contributed by atoms with Crippen molar-refractivity contribution in [2.24, 2.45) is 0 Å². The van der Waals surface area contributed by atoms with E-state index in [1.54, 1.807) is 61.5 Å². The van der Waals surface area contributed by atoms with E-state index in [-0.39, 0.29) is 23.6 Å². The first-order valence-electron chi connectivity index (χ1n) is 9.98. The largest absolute Gasteiger partial charge is 0.459 e. The zero-order chi connectivity index (χ0) is 23.2. The molecule has 4 rings (SSSR count). The Labute approximate surface area is 193 Å². The standard InChI is InChI=1S/C24H20N4O4S/c1-15-14-20(28-22(29)19-8-5-13-32-19)33-21(15)23(30)25-17-9-11-18(12-10-17)27-24(31)26-16-6-3-2-4-7-16/h2-14H,1H3,(H,25,30)(H,28,29)(H2,26,27,31). The van der Waals surface area contributed by atoms with Crippen LogP contribution in [-0.2, 0) is 0 Å². The maximum Gasteiger partial charge on any atom is 0.323 e. The molecule has 0 spiro atoms. The Kier molecular flexibility index (Phi) is 6.51. The van der Waals surface area contributed by atoms with Gasteiger partial charge in [0.2, 0.25) is 0 Å². The average Bonchev–Trinajstić information content (AvgIpc) is 3.46. The van der Waals surface area contributed by atoms with Crippen LogP contribution >= 0.6 is 11.3 Å². The maximum atomic E-state index is 12.7. The summed E-state index contributed by atoms with van der Waals surface area (Å²) in [5.41, 5.74) is 2.58. The monoisotopic (exact) mass is 460 g/mol. The minimum Gasteiger partial charge on any atom is -0.459 e. The van der Waals surface area contributed by atoms with Crippen LogP contribution in [-0.4, -0.2) is 17.8 Å². The Morgan fingerprint density at radius 1 is 0.727 bits per heavy atom. The van der Waals surface area contributed by atoms with Crippen molar-refractivity contribution in [2.75, 3.05) is 21.3 Å². The summed E-state index contributed by atoms with van der Waals surface area (Å²) in [7, 11) is 0. The van der Waals surface area contributed by atoms with E-state index in [4.69, 9.17) is 4.42 Å². The molecule has 4 aromatic rings. The quantitative estimate of drug-likeness (QED) is 0.291. The van der Waals surface area contributed by atoms with Crippen molar-refractivity contribution >= 4 is 51.2 Å². The summed E-state index contributed by atoms with van der Waals surface area (Å²) >= 11 is 1.17. The van der Waals surface area contributed by atoms with Crippen molar-refractivity contribution in [2.45, 2.75) is 6.92 Å². The van der Waals surface area contributed by atoms with E-state index >= 15 is 0 Å². The molecular weight excluding hydrogens is 440 g/mol. The molecule has 4 amide bonds. The molecule has 0 aliphatic heterocycles. The van der Waals surface area contributed by atoms with Crippen LogP contribution in [0, 0.1) is 6.92 Å². The molecule has 0 radical (unpaired) electrons. The van der Waals surface area contributed by atoms with Gasteiger partial charge in [0.1, 0.15) is 0 Å². The fourth-order valence-corrected chi connectivity index (χ4v) is 3.95. The molecule has 0 aliphatic carbocycles. The predicted molar refractivity (Wildman–Crippen MR) is 129 cm³/mol. The number of aryl methyl sites for hydroxylation is 1. The summed E-state index contributed by atoms with van der Waals surface area (Å²) in [4.78, 5) is 37.4. The molecule has 166 valence electrons. The normalized spacial score (nSPS) is 10.3. The minimum atomic E-state index is -0.382. The van der Waals surface area contributed by atoms with Crippen LogP contribution < -0.4 is 21.3 Å². The van der Waals surface area contributed by atoms with E-state index in [2.05, 4.69) is 21.3 Å². The van der Waals surface area contributed by atoms with Crippen LogP contribution in [0.4, 0.5) is 26.9 Å². The van der Waals surface area contributed by atoms with Gasteiger partial charge in [0.15, 0.2) is 5.76 Å². The van der Waals surface area contributed by atoms with Crippen molar-refractivity contribution in [3.8, 4) is 0 Å². The number of benzene rings is 2. The molecule has 0 saturated heterocycles. The lowest BCUT2D eigenvalue weighted by Gasteiger charge is -2.09. The number of amides is 4. The van der Waals surface area contributed by atoms with Gasteiger partial charge in [-0.3, -0.25) is 9.59 Å². The van der Waals surface area contributed by atoms with Crippen molar-refractivity contribution in [3.05, 3.63) is 95.3 Å². The molecule has 2 aromatic carbocycles.